The van der Waals surface area contributed by atoms with E-state index in [1.807, 2.05) is 6.07 Å². The van der Waals surface area contributed by atoms with Gasteiger partial charge in [0, 0.05) is 24.5 Å². The fourth-order valence-electron chi connectivity index (χ4n) is 3.86. The highest BCUT2D eigenvalue weighted by Crippen LogP contribution is 2.41. The molecule has 8 heteroatoms. The van der Waals surface area contributed by atoms with Crippen LogP contribution in [0.2, 0.25) is 5.02 Å². The van der Waals surface area contributed by atoms with Gasteiger partial charge in [0.1, 0.15) is 17.3 Å². The number of benzene rings is 2. The van der Waals surface area contributed by atoms with Gasteiger partial charge in [0.25, 0.3) is 11.7 Å². The molecule has 0 bridgehead atoms. The van der Waals surface area contributed by atoms with Gasteiger partial charge in [-0.1, -0.05) is 29.8 Å². The number of Topliss-reactive ketones (excluding diaryl/α,β-unsaturated/α-hetero) is 1. The third-order valence-corrected chi connectivity index (χ3v) is 5.75. The first-order valence-electron chi connectivity index (χ1n) is 10.1. The lowest BCUT2D eigenvalue weighted by Crippen LogP contribution is -2.29. The van der Waals surface area contributed by atoms with Gasteiger partial charge in [0.2, 0.25) is 0 Å². The number of likely N-dealkylation sites (tertiary alicyclic amines) is 1. The van der Waals surface area contributed by atoms with E-state index < -0.39 is 17.7 Å². The number of rotatable bonds is 6. The van der Waals surface area contributed by atoms with Gasteiger partial charge < -0.3 is 19.5 Å². The zero-order chi connectivity index (χ0) is 23.5. The molecule has 3 aromatic rings. The Morgan fingerprint density at radius 3 is 2.58 bits per heavy atom. The molecule has 1 amide bonds. The summed E-state index contributed by atoms with van der Waals surface area (Å²) < 4.78 is 10.5. The van der Waals surface area contributed by atoms with Crippen LogP contribution in [0.4, 0.5) is 0 Å². The molecule has 2 aromatic carbocycles. The summed E-state index contributed by atoms with van der Waals surface area (Å²) in [5.74, 6) is -0.829. The Labute approximate surface area is 195 Å². The fraction of sp³-hybridized carbons (Fsp3) is 0.160. The van der Waals surface area contributed by atoms with Crippen molar-refractivity contribution in [2.24, 2.45) is 0 Å². The smallest absolute Gasteiger partial charge is 0.295 e. The van der Waals surface area contributed by atoms with E-state index in [2.05, 4.69) is 4.98 Å². The van der Waals surface area contributed by atoms with Crippen molar-refractivity contribution in [2.45, 2.75) is 12.6 Å². The average molecular weight is 465 g/mol. The average Bonchev–Trinajstić information content (AvgIpc) is 3.09. The van der Waals surface area contributed by atoms with E-state index in [0.717, 1.165) is 5.56 Å². The number of ether oxygens (including phenoxy) is 2. The van der Waals surface area contributed by atoms with Crippen molar-refractivity contribution in [1.29, 1.82) is 0 Å². The molecule has 1 saturated heterocycles. The third kappa shape index (κ3) is 4.27. The highest BCUT2D eigenvalue weighted by atomic mass is 35.5. The normalized spacial score (nSPS) is 17.3. The maximum absolute atomic E-state index is 13.2. The molecule has 7 nitrogen and oxygen atoms in total. The minimum absolute atomic E-state index is 0.0293. The summed E-state index contributed by atoms with van der Waals surface area (Å²) in [7, 11) is 3.01. The Morgan fingerprint density at radius 2 is 1.91 bits per heavy atom. The number of hydrogen-bond acceptors (Lipinski definition) is 6. The Balaban J connectivity index is 1.88. The van der Waals surface area contributed by atoms with Gasteiger partial charge in [-0.25, -0.2) is 0 Å². The zero-order valence-electron chi connectivity index (χ0n) is 18.0. The van der Waals surface area contributed by atoms with Crippen molar-refractivity contribution in [3.05, 3.63) is 94.3 Å². The number of ketones is 1. The molecule has 4 rings (SSSR count). The lowest BCUT2D eigenvalue weighted by atomic mass is 9.95. The minimum Gasteiger partial charge on any atom is -0.507 e. The summed E-state index contributed by atoms with van der Waals surface area (Å²) in [6.07, 6.45) is 3.26. The molecule has 1 aliphatic rings. The number of aliphatic hydroxyl groups is 1. The number of hydrogen-bond donors (Lipinski definition) is 1. The molecule has 1 aromatic heterocycles. The molecule has 2 heterocycles. The second-order valence-electron chi connectivity index (χ2n) is 7.41. The van der Waals surface area contributed by atoms with Gasteiger partial charge in [0.15, 0.2) is 0 Å². The number of halogens is 1. The molecule has 168 valence electrons. The van der Waals surface area contributed by atoms with Gasteiger partial charge in [-0.3, -0.25) is 14.6 Å². The lowest BCUT2D eigenvalue weighted by Gasteiger charge is -2.25. The van der Waals surface area contributed by atoms with E-state index in [9.17, 15) is 14.7 Å². The van der Waals surface area contributed by atoms with E-state index in [-0.39, 0.29) is 22.9 Å². The topological polar surface area (TPSA) is 89.0 Å². The molecule has 1 unspecified atom stereocenters. The quantitative estimate of drug-likeness (QED) is 0.331. The summed E-state index contributed by atoms with van der Waals surface area (Å²) in [4.78, 5) is 31.8. The second kappa shape index (κ2) is 9.34. The summed E-state index contributed by atoms with van der Waals surface area (Å²) in [6.45, 7) is 0.139. The maximum Gasteiger partial charge on any atom is 0.295 e. The molecule has 0 aliphatic carbocycles. The Kier molecular flexibility index (Phi) is 6.33. The number of methoxy groups -OCH3 is 2. The molecule has 1 aliphatic heterocycles. The van der Waals surface area contributed by atoms with E-state index in [4.69, 9.17) is 21.1 Å². The van der Waals surface area contributed by atoms with Crippen LogP contribution >= 0.6 is 11.6 Å². The fourth-order valence-corrected chi connectivity index (χ4v) is 4.12. The van der Waals surface area contributed by atoms with Crippen LogP contribution in [0.1, 0.15) is 22.7 Å². The maximum atomic E-state index is 13.2. The SMILES string of the molecule is COc1cccc(C2/C(=C(/O)c3ccc(OC)c(Cl)c3)C(=O)C(=O)N2Cc2cccnc2)c1. The molecule has 0 saturated carbocycles. The Bertz CT molecular complexity index is 1240. The van der Waals surface area contributed by atoms with E-state index >= 15 is 0 Å². The van der Waals surface area contributed by atoms with Crippen LogP contribution in [0.25, 0.3) is 5.76 Å². The summed E-state index contributed by atoms with van der Waals surface area (Å²) in [6, 6.07) is 14.5. The number of carbonyl (C=O) groups is 2. The molecular weight excluding hydrogens is 444 g/mol. The first kappa shape index (κ1) is 22.4. The summed E-state index contributed by atoms with van der Waals surface area (Å²) in [5, 5.41) is 11.4. The van der Waals surface area contributed by atoms with Gasteiger partial charge in [0.05, 0.1) is 30.9 Å². The van der Waals surface area contributed by atoms with Crippen LogP contribution in [-0.4, -0.2) is 40.9 Å². The molecule has 0 spiro atoms. The first-order valence-corrected chi connectivity index (χ1v) is 10.5. The van der Waals surface area contributed by atoms with Crippen LogP contribution in [-0.2, 0) is 16.1 Å². The standard InChI is InChI=1S/C25H21ClN2O5/c1-32-18-7-3-6-16(11-18)22-21(23(29)17-8-9-20(33-2)19(26)12-17)24(30)25(31)28(22)14-15-5-4-10-27-13-15/h3-13,22,29H,14H2,1-2H3/b23-21-. The molecule has 1 fully saturated rings. The van der Waals surface area contributed by atoms with Gasteiger partial charge >= 0.3 is 0 Å². The van der Waals surface area contributed by atoms with Crippen LogP contribution in [0, 0.1) is 0 Å². The van der Waals surface area contributed by atoms with Gasteiger partial charge in [-0.2, -0.15) is 0 Å². The van der Waals surface area contributed by atoms with Crippen LogP contribution in [0.5, 0.6) is 11.5 Å². The highest BCUT2D eigenvalue weighted by molar-refractivity contribution is 6.46. The van der Waals surface area contributed by atoms with Crippen molar-refractivity contribution in [3.63, 3.8) is 0 Å². The van der Waals surface area contributed by atoms with Crippen molar-refractivity contribution in [3.8, 4) is 11.5 Å². The Hall–Kier alpha value is -3.84. The monoisotopic (exact) mass is 464 g/mol. The predicted molar refractivity (Wildman–Crippen MR) is 123 cm³/mol. The Morgan fingerprint density at radius 1 is 1.09 bits per heavy atom. The van der Waals surface area contributed by atoms with Crippen LogP contribution < -0.4 is 9.47 Å². The van der Waals surface area contributed by atoms with E-state index in [1.54, 1.807) is 54.9 Å². The minimum atomic E-state index is -0.832. The largest absolute Gasteiger partial charge is 0.507 e. The highest BCUT2D eigenvalue weighted by Gasteiger charge is 2.46. The molecule has 1 atom stereocenters. The molecule has 33 heavy (non-hydrogen) atoms. The number of nitrogens with zero attached hydrogens (tertiary/aromatic N) is 2. The van der Waals surface area contributed by atoms with Crippen molar-refractivity contribution in [2.75, 3.05) is 14.2 Å². The number of aromatic nitrogens is 1. The third-order valence-electron chi connectivity index (χ3n) is 5.45. The van der Waals surface area contributed by atoms with Crippen molar-refractivity contribution < 1.29 is 24.2 Å². The van der Waals surface area contributed by atoms with Crippen LogP contribution in [0.15, 0.2) is 72.6 Å². The predicted octanol–water partition coefficient (Wildman–Crippen LogP) is 4.37. The van der Waals surface area contributed by atoms with E-state index in [0.29, 0.717) is 22.6 Å². The zero-order valence-corrected chi connectivity index (χ0v) is 18.7. The number of carbonyl (C=O) groups excluding carboxylic acids is 2. The molecular formula is C25H21ClN2O5. The number of pyridine rings is 1. The van der Waals surface area contributed by atoms with E-state index in [1.165, 1.54) is 25.2 Å². The summed E-state index contributed by atoms with van der Waals surface area (Å²) in [5.41, 5.74) is 1.64. The second-order valence-corrected chi connectivity index (χ2v) is 7.82. The number of amides is 1. The molecule has 1 N–H and O–H groups in total. The van der Waals surface area contributed by atoms with Crippen molar-refractivity contribution >= 4 is 29.1 Å². The van der Waals surface area contributed by atoms with Gasteiger partial charge in [-0.05, 0) is 47.5 Å². The molecule has 0 radical (unpaired) electrons. The van der Waals surface area contributed by atoms with Crippen LogP contribution in [0.3, 0.4) is 0 Å². The lowest BCUT2D eigenvalue weighted by molar-refractivity contribution is -0.140. The van der Waals surface area contributed by atoms with Gasteiger partial charge in [-0.15, -0.1) is 0 Å². The number of aliphatic hydroxyl groups excluding tert-OH is 1. The summed E-state index contributed by atoms with van der Waals surface area (Å²) >= 11 is 6.23. The van der Waals surface area contributed by atoms with Crippen molar-refractivity contribution in [1.82, 2.24) is 9.88 Å². The first-order chi connectivity index (χ1) is 15.9.